The maximum absolute atomic E-state index is 13.5. The monoisotopic (exact) mass is 215 g/mol. The molecule has 76 valence electrons. The van der Waals surface area contributed by atoms with Crippen LogP contribution in [0, 0.1) is 12.7 Å². The average Bonchev–Trinajstić information content (AvgIpc) is 2.33. The molecule has 1 aliphatic rings. The first kappa shape index (κ1) is 9.45. The number of fused-ring (bicyclic) bond motifs is 1. The molecule has 0 saturated heterocycles. The second-order valence-electron chi connectivity index (χ2n) is 3.42. The molecule has 0 saturated carbocycles. The van der Waals surface area contributed by atoms with Gasteiger partial charge in [-0.1, -0.05) is 6.07 Å². The Morgan fingerprint density at radius 3 is 2.71 bits per heavy atom. The number of halogens is 1. The second kappa shape index (κ2) is 2.70. The Hall–Kier alpha value is -1.10. The van der Waals surface area contributed by atoms with Crippen LogP contribution in [-0.4, -0.2) is 15.5 Å². The average molecular weight is 215 g/mol. The van der Waals surface area contributed by atoms with E-state index in [1.165, 1.54) is 7.05 Å². The van der Waals surface area contributed by atoms with Gasteiger partial charge in [0.2, 0.25) is 10.0 Å². The Balaban J connectivity index is 2.71. The normalized spacial score (nSPS) is 18.4. The second-order valence-corrected chi connectivity index (χ2v) is 5.42. The summed E-state index contributed by atoms with van der Waals surface area (Å²) in [6.07, 6.45) is 0. The molecule has 1 aromatic carbocycles. The predicted molar refractivity (Wildman–Crippen MR) is 52.2 cm³/mol. The molecule has 3 nitrogen and oxygen atoms in total. The van der Waals surface area contributed by atoms with Crippen LogP contribution < -0.4 is 4.31 Å². The molecule has 14 heavy (non-hydrogen) atoms. The SMILES string of the molecule is Cc1ccc2c(c1F)CS(=O)(=O)N2C. The van der Waals surface area contributed by atoms with Crippen molar-refractivity contribution < 1.29 is 12.8 Å². The van der Waals surface area contributed by atoms with Crippen LogP contribution in [0.15, 0.2) is 12.1 Å². The van der Waals surface area contributed by atoms with E-state index in [2.05, 4.69) is 0 Å². The minimum Gasteiger partial charge on any atom is -0.273 e. The molecule has 2 rings (SSSR count). The van der Waals surface area contributed by atoms with E-state index < -0.39 is 15.8 Å². The van der Waals surface area contributed by atoms with Crippen LogP contribution in [0.25, 0.3) is 0 Å². The zero-order chi connectivity index (χ0) is 10.5. The Morgan fingerprint density at radius 1 is 1.43 bits per heavy atom. The molecule has 0 atom stereocenters. The number of sulfonamides is 1. The quantitative estimate of drug-likeness (QED) is 0.656. The van der Waals surface area contributed by atoms with Gasteiger partial charge < -0.3 is 0 Å². The zero-order valence-corrected chi connectivity index (χ0v) is 8.73. The predicted octanol–water partition coefficient (Wildman–Crippen LogP) is 1.41. The number of hydrogen-bond acceptors (Lipinski definition) is 2. The highest BCUT2D eigenvalue weighted by Crippen LogP contribution is 2.34. The van der Waals surface area contributed by atoms with E-state index in [-0.39, 0.29) is 11.3 Å². The van der Waals surface area contributed by atoms with E-state index in [9.17, 15) is 12.8 Å². The summed E-state index contributed by atoms with van der Waals surface area (Å²) in [5.74, 6) is -0.637. The standard InChI is InChI=1S/C9H10FNO2S/c1-6-3-4-8-7(9(6)10)5-14(12,13)11(8)2/h3-4H,5H2,1-2H3. The van der Waals surface area contributed by atoms with Crippen LogP contribution in [-0.2, 0) is 15.8 Å². The van der Waals surface area contributed by atoms with Crippen molar-refractivity contribution in [2.24, 2.45) is 0 Å². The molecule has 0 aliphatic carbocycles. The Kier molecular flexibility index (Phi) is 1.82. The van der Waals surface area contributed by atoms with Gasteiger partial charge in [0.05, 0.1) is 11.4 Å². The molecule has 0 amide bonds. The Labute approximate surface area is 82.2 Å². The minimum atomic E-state index is -3.33. The molecule has 1 aliphatic heterocycles. The first-order chi connectivity index (χ1) is 6.43. The molecule has 0 unspecified atom stereocenters. The minimum absolute atomic E-state index is 0.230. The highest BCUT2D eigenvalue weighted by Gasteiger charge is 2.32. The van der Waals surface area contributed by atoms with E-state index in [1.807, 2.05) is 0 Å². The summed E-state index contributed by atoms with van der Waals surface area (Å²) in [6, 6.07) is 3.23. The van der Waals surface area contributed by atoms with Crippen LogP contribution in [0.3, 0.4) is 0 Å². The van der Waals surface area contributed by atoms with Gasteiger partial charge in [0.15, 0.2) is 0 Å². The van der Waals surface area contributed by atoms with E-state index in [4.69, 9.17) is 0 Å². The highest BCUT2D eigenvalue weighted by molar-refractivity contribution is 7.92. The molecule has 0 fully saturated rings. The lowest BCUT2D eigenvalue weighted by molar-refractivity contribution is 0.591. The fraction of sp³-hybridized carbons (Fsp3) is 0.333. The van der Waals surface area contributed by atoms with E-state index in [0.717, 1.165) is 4.31 Å². The number of rotatable bonds is 0. The van der Waals surface area contributed by atoms with Gasteiger partial charge in [0.25, 0.3) is 0 Å². The molecule has 0 spiro atoms. The molecule has 1 heterocycles. The third-order valence-electron chi connectivity index (χ3n) is 2.49. The number of nitrogens with zero attached hydrogens (tertiary/aromatic N) is 1. The van der Waals surface area contributed by atoms with Gasteiger partial charge in [-0.05, 0) is 18.6 Å². The van der Waals surface area contributed by atoms with E-state index in [1.54, 1.807) is 19.1 Å². The lowest BCUT2D eigenvalue weighted by Gasteiger charge is -2.10. The fourth-order valence-corrected chi connectivity index (χ4v) is 2.89. The van der Waals surface area contributed by atoms with Gasteiger partial charge in [-0.2, -0.15) is 0 Å². The Morgan fingerprint density at radius 2 is 2.07 bits per heavy atom. The maximum atomic E-state index is 13.5. The molecular formula is C9H10FNO2S. The topological polar surface area (TPSA) is 37.4 Å². The van der Waals surface area contributed by atoms with Crippen LogP contribution in [0.4, 0.5) is 10.1 Å². The largest absolute Gasteiger partial charge is 0.273 e. The van der Waals surface area contributed by atoms with Crippen molar-refractivity contribution in [2.75, 3.05) is 11.4 Å². The van der Waals surface area contributed by atoms with Crippen LogP contribution in [0.1, 0.15) is 11.1 Å². The van der Waals surface area contributed by atoms with Gasteiger partial charge in [-0.15, -0.1) is 0 Å². The molecule has 5 heteroatoms. The van der Waals surface area contributed by atoms with E-state index in [0.29, 0.717) is 11.3 Å². The van der Waals surface area contributed by atoms with E-state index >= 15 is 0 Å². The first-order valence-electron chi connectivity index (χ1n) is 4.18. The Bertz CT molecular complexity index is 496. The number of hydrogen-bond donors (Lipinski definition) is 0. The van der Waals surface area contributed by atoms with Crippen molar-refractivity contribution in [1.82, 2.24) is 0 Å². The van der Waals surface area contributed by atoms with Gasteiger partial charge in [0, 0.05) is 12.6 Å². The molecule has 0 radical (unpaired) electrons. The summed E-state index contributed by atoms with van der Waals surface area (Å²) in [6.45, 7) is 1.63. The van der Waals surface area contributed by atoms with Gasteiger partial charge in [0.1, 0.15) is 5.82 Å². The van der Waals surface area contributed by atoms with Crippen LogP contribution in [0.5, 0.6) is 0 Å². The summed E-state index contributed by atoms with van der Waals surface area (Å²) < 4.78 is 37.5. The van der Waals surface area contributed by atoms with Crippen molar-refractivity contribution in [3.63, 3.8) is 0 Å². The lowest BCUT2D eigenvalue weighted by atomic mass is 10.1. The van der Waals surface area contributed by atoms with Crippen LogP contribution in [0.2, 0.25) is 0 Å². The maximum Gasteiger partial charge on any atom is 0.239 e. The molecule has 0 bridgehead atoms. The summed E-state index contributed by atoms with van der Waals surface area (Å²) in [5, 5.41) is 0. The van der Waals surface area contributed by atoms with Gasteiger partial charge >= 0.3 is 0 Å². The van der Waals surface area contributed by atoms with Crippen molar-refractivity contribution >= 4 is 15.7 Å². The fourth-order valence-electron chi connectivity index (χ4n) is 1.59. The van der Waals surface area contributed by atoms with Crippen molar-refractivity contribution in [1.29, 1.82) is 0 Å². The van der Waals surface area contributed by atoms with Gasteiger partial charge in [-0.3, -0.25) is 4.31 Å². The molecule has 1 aromatic rings. The smallest absolute Gasteiger partial charge is 0.239 e. The highest BCUT2D eigenvalue weighted by atomic mass is 32.2. The lowest BCUT2D eigenvalue weighted by Crippen LogP contribution is -2.20. The summed E-state index contributed by atoms with van der Waals surface area (Å²) >= 11 is 0. The first-order valence-corrected chi connectivity index (χ1v) is 5.79. The van der Waals surface area contributed by atoms with Crippen molar-refractivity contribution in [2.45, 2.75) is 12.7 Å². The summed E-state index contributed by atoms with van der Waals surface area (Å²) in [7, 11) is -1.89. The summed E-state index contributed by atoms with van der Waals surface area (Å²) in [4.78, 5) is 0. The number of benzene rings is 1. The van der Waals surface area contributed by atoms with Crippen molar-refractivity contribution in [3.05, 3.63) is 29.1 Å². The van der Waals surface area contributed by atoms with Crippen LogP contribution >= 0.6 is 0 Å². The molecule has 0 N–H and O–H groups in total. The zero-order valence-electron chi connectivity index (χ0n) is 7.91. The number of anilines is 1. The number of aryl methyl sites for hydroxylation is 1. The van der Waals surface area contributed by atoms with Crippen molar-refractivity contribution in [3.8, 4) is 0 Å². The molecule has 0 aromatic heterocycles. The third-order valence-corrected chi connectivity index (χ3v) is 4.18. The van der Waals surface area contributed by atoms with Gasteiger partial charge in [-0.25, -0.2) is 12.8 Å². The summed E-state index contributed by atoms with van der Waals surface area (Å²) in [5.41, 5.74) is 1.22. The molecular weight excluding hydrogens is 205 g/mol. The third kappa shape index (κ3) is 1.12.